The van der Waals surface area contributed by atoms with Crippen LogP contribution in [0.4, 0.5) is 0 Å². The van der Waals surface area contributed by atoms with Crippen molar-refractivity contribution in [2.24, 2.45) is 0 Å². The normalized spacial score (nSPS) is 14.7. The van der Waals surface area contributed by atoms with Gasteiger partial charge in [-0.3, -0.25) is 0 Å². The molecule has 9 aromatic carbocycles. The summed E-state index contributed by atoms with van der Waals surface area (Å²) in [5.74, 6) is 0.692. The number of nitrogens with zero attached hydrogens (tertiary/aromatic N) is 3. The molecule has 278 valence electrons. The van der Waals surface area contributed by atoms with Gasteiger partial charge in [0, 0.05) is 33.2 Å². The van der Waals surface area contributed by atoms with Gasteiger partial charge in [0.1, 0.15) is 0 Å². The molecular weight excluding hydrogens is 727 g/mol. The van der Waals surface area contributed by atoms with E-state index in [0.29, 0.717) is 5.82 Å². The summed E-state index contributed by atoms with van der Waals surface area (Å²) < 4.78 is 2.35. The summed E-state index contributed by atoms with van der Waals surface area (Å²) in [5.41, 5.74) is 18.3. The Balaban J connectivity index is 1.01. The fourth-order valence-corrected chi connectivity index (χ4v) is 10.5. The van der Waals surface area contributed by atoms with Crippen LogP contribution in [0.5, 0.6) is 0 Å². The number of hydrogen-bond donors (Lipinski definition) is 0. The fourth-order valence-electron chi connectivity index (χ4n) is 10.5. The maximum Gasteiger partial charge on any atom is 0.160 e. The summed E-state index contributed by atoms with van der Waals surface area (Å²) >= 11 is 0. The predicted molar refractivity (Wildman–Crippen MR) is 246 cm³/mol. The number of fused-ring (bicyclic) bond motifs is 14. The molecule has 2 aromatic heterocycles. The van der Waals surface area contributed by atoms with Gasteiger partial charge in [-0.05, 0) is 104 Å². The highest BCUT2D eigenvalue weighted by Crippen LogP contribution is 2.63. The molecule has 1 spiro atoms. The maximum atomic E-state index is 5.40. The molecule has 3 nitrogen and oxygen atoms in total. The molecule has 11 aromatic rings. The summed E-state index contributed by atoms with van der Waals surface area (Å²) in [6.07, 6.45) is 0. The number of aromatic nitrogens is 3. The van der Waals surface area contributed by atoms with E-state index in [-0.39, 0.29) is 0 Å². The van der Waals surface area contributed by atoms with Crippen LogP contribution in [0.2, 0.25) is 0 Å². The molecule has 2 aliphatic carbocycles. The van der Waals surface area contributed by atoms with E-state index in [4.69, 9.17) is 9.97 Å². The molecule has 2 aliphatic rings. The highest BCUT2D eigenvalue weighted by Gasteiger charge is 2.51. The van der Waals surface area contributed by atoms with E-state index in [0.717, 1.165) is 33.8 Å². The van der Waals surface area contributed by atoms with Crippen LogP contribution in [0, 0.1) is 0 Å². The first-order valence-corrected chi connectivity index (χ1v) is 20.7. The van der Waals surface area contributed by atoms with Crippen molar-refractivity contribution in [1.82, 2.24) is 14.5 Å². The van der Waals surface area contributed by atoms with Crippen molar-refractivity contribution in [3.05, 3.63) is 235 Å². The van der Waals surface area contributed by atoms with Crippen LogP contribution in [0.25, 0.3) is 94.4 Å². The van der Waals surface area contributed by atoms with Crippen LogP contribution in [-0.2, 0) is 5.41 Å². The molecule has 0 amide bonds. The predicted octanol–water partition coefficient (Wildman–Crippen LogP) is 14.1. The van der Waals surface area contributed by atoms with Gasteiger partial charge >= 0.3 is 0 Å². The van der Waals surface area contributed by atoms with E-state index in [1.54, 1.807) is 0 Å². The zero-order chi connectivity index (χ0) is 39.4. The third kappa shape index (κ3) is 4.60. The van der Waals surface area contributed by atoms with Gasteiger partial charge in [-0.1, -0.05) is 164 Å². The van der Waals surface area contributed by atoms with Crippen LogP contribution >= 0.6 is 0 Å². The van der Waals surface area contributed by atoms with E-state index >= 15 is 0 Å². The van der Waals surface area contributed by atoms with Crippen LogP contribution in [-0.4, -0.2) is 14.5 Å². The molecule has 13 rings (SSSR count). The van der Waals surface area contributed by atoms with Crippen molar-refractivity contribution in [2.45, 2.75) is 5.41 Å². The zero-order valence-corrected chi connectivity index (χ0v) is 32.5. The summed E-state index contributed by atoms with van der Waals surface area (Å²) in [5, 5.41) is 5.00. The number of para-hydroxylation sites is 2. The molecule has 2 heterocycles. The van der Waals surface area contributed by atoms with Crippen molar-refractivity contribution < 1.29 is 0 Å². The lowest BCUT2D eigenvalue weighted by Crippen LogP contribution is -2.25. The second-order valence-corrected chi connectivity index (χ2v) is 16.1. The third-order valence-electron chi connectivity index (χ3n) is 13.0. The van der Waals surface area contributed by atoms with Gasteiger partial charge in [-0.2, -0.15) is 0 Å². The number of benzene rings is 9. The second-order valence-electron chi connectivity index (χ2n) is 16.1. The Kier molecular flexibility index (Phi) is 6.93. The standard InChI is InChI=1S/C57H35N3/c1-2-15-36(16-3-1)52-35-53(59-56(58-52)40-19-14-20-41(31-40)60-54-27-12-8-23-44(54)45-24-9-13-28-55(45)60)39-29-30-50-46(33-39)42-21-6-10-25-48(42)57(50)49-26-11-7-22-43(49)47-32-37-17-4-5-18-38(37)34-51(47)57/h1-35H. The first kappa shape index (κ1) is 33.1. The lowest BCUT2D eigenvalue weighted by molar-refractivity contribution is 0.795. The lowest BCUT2D eigenvalue weighted by atomic mass is 9.70. The van der Waals surface area contributed by atoms with Crippen LogP contribution in [0.3, 0.4) is 0 Å². The van der Waals surface area contributed by atoms with Crippen molar-refractivity contribution in [3.8, 4) is 61.8 Å². The average molecular weight is 762 g/mol. The molecule has 0 fully saturated rings. The monoisotopic (exact) mass is 761 g/mol. The molecule has 60 heavy (non-hydrogen) atoms. The maximum absolute atomic E-state index is 5.40. The van der Waals surface area contributed by atoms with Crippen LogP contribution in [0.1, 0.15) is 22.3 Å². The molecular formula is C57H35N3. The van der Waals surface area contributed by atoms with Crippen LogP contribution in [0.15, 0.2) is 212 Å². The van der Waals surface area contributed by atoms with Gasteiger partial charge in [0.25, 0.3) is 0 Å². The highest BCUT2D eigenvalue weighted by atomic mass is 15.0. The zero-order valence-electron chi connectivity index (χ0n) is 32.5. The molecule has 0 aliphatic heterocycles. The largest absolute Gasteiger partial charge is 0.309 e. The minimum Gasteiger partial charge on any atom is -0.309 e. The van der Waals surface area contributed by atoms with Crippen molar-refractivity contribution in [3.63, 3.8) is 0 Å². The topological polar surface area (TPSA) is 30.7 Å². The van der Waals surface area contributed by atoms with Crippen molar-refractivity contribution in [2.75, 3.05) is 0 Å². The van der Waals surface area contributed by atoms with Crippen molar-refractivity contribution in [1.29, 1.82) is 0 Å². The van der Waals surface area contributed by atoms with E-state index in [9.17, 15) is 0 Å². The second kappa shape index (κ2) is 12.6. The number of hydrogen-bond acceptors (Lipinski definition) is 2. The minimum atomic E-state index is -0.431. The smallest absolute Gasteiger partial charge is 0.160 e. The van der Waals surface area contributed by atoms with Gasteiger partial charge < -0.3 is 4.57 Å². The summed E-state index contributed by atoms with van der Waals surface area (Å²) in [4.78, 5) is 10.7. The van der Waals surface area contributed by atoms with Crippen molar-refractivity contribution >= 4 is 32.6 Å². The third-order valence-corrected chi connectivity index (χ3v) is 13.0. The van der Waals surface area contributed by atoms with Gasteiger partial charge in [0.2, 0.25) is 0 Å². The van der Waals surface area contributed by atoms with E-state index in [1.807, 2.05) is 0 Å². The highest BCUT2D eigenvalue weighted by molar-refractivity contribution is 6.09. The van der Waals surface area contributed by atoms with E-state index in [1.165, 1.54) is 77.1 Å². The van der Waals surface area contributed by atoms with Gasteiger partial charge in [-0.25, -0.2) is 9.97 Å². The van der Waals surface area contributed by atoms with E-state index < -0.39 is 5.41 Å². The SMILES string of the molecule is c1ccc(-c2cc(-c3ccc4c(c3)-c3ccccc3C43c4ccccc4-c4cc5ccccc5cc43)nc(-c3cccc(-n4c5ccccc5c5ccccc54)c3)n2)cc1. The molecule has 0 saturated carbocycles. The fraction of sp³-hybridized carbons (Fsp3) is 0.0175. The molecule has 0 radical (unpaired) electrons. The molecule has 1 unspecified atom stereocenters. The first-order valence-electron chi connectivity index (χ1n) is 20.7. The van der Waals surface area contributed by atoms with E-state index in [2.05, 4.69) is 217 Å². The van der Waals surface area contributed by atoms with Gasteiger partial charge in [0.05, 0.1) is 27.8 Å². The Morgan fingerprint density at radius 1 is 0.333 bits per heavy atom. The number of rotatable bonds is 4. The van der Waals surface area contributed by atoms with Gasteiger partial charge in [-0.15, -0.1) is 0 Å². The Bertz CT molecular complexity index is 3510. The molecule has 3 heteroatoms. The minimum absolute atomic E-state index is 0.431. The Hall–Kier alpha value is -7.88. The molecule has 1 atom stereocenters. The van der Waals surface area contributed by atoms with Crippen LogP contribution < -0.4 is 0 Å². The average Bonchev–Trinajstić information content (AvgIpc) is 3.92. The molecule has 0 N–H and O–H groups in total. The Morgan fingerprint density at radius 2 is 0.883 bits per heavy atom. The lowest BCUT2D eigenvalue weighted by Gasteiger charge is -2.30. The molecule has 0 bridgehead atoms. The quantitative estimate of drug-likeness (QED) is 0.179. The molecule has 0 saturated heterocycles. The summed E-state index contributed by atoms with van der Waals surface area (Å²) in [7, 11) is 0. The Labute approximate surface area is 347 Å². The van der Waals surface area contributed by atoms with Gasteiger partial charge in [0.15, 0.2) is 5.82 Å². The first-order chi connectivity index (χ1) is 29.7. The summed E-state index contributed by atoms with van der Waals surface area (Å²) in [6.45, 7) is 0. The summed E-state index contributed by atoms with van der Waals surface area (Å²) in [6, 6.07) is 77.2. The Morgan fingerprint density at radius 3 is 1.60 bits per heavy atom.